The van der Waals surface area contributed by atoms with Gasteiger partial charge in [-0.2, -0.15) is 10.1 Å². The Labute approximate surface area is 169 Å². The van der Waals surface area contributed by atoms with Gasteiger partial charge in [0.15, 0.2) is 0 Å². The average molecular weight is 479 g/mol. The Kier molecular flexibility index (Phi) is 5.26. The van der Waals surface area contributed by atoms with Crippen molar-refractivity contribution in [2.45, 2.75) is 39.2 Å². The van der Waals surface area contributed by atoms with E-state index in [0.717, 1.165) is 25.3 Å². The first-order chi connectivity index (χ1) is 12.5. The summed E-state index contributed by atoms with van der Waals surface area (Å²) in [5.41, 5.74) is 5.00. The van der Waals surface area contributed by atoms with Gasteiger partial charge in [0.25, 0.3) is 5.78 Å². The molecule has 136 valence electrons. The highest BCUT2D eigenvalue weighted by Gasteiger charge is 2.25. The molecular weight excluding hydrogens is 456 g/mol. The van der Waals surface area contributed by atoms with Crippen LogP contribution in [0.2, 0.25) is 0 Å². The molecule has 1 saturated heterocycles. The fraction of sp³-hybridized carbons (Fsp3) is 0.421. The fourth-order valence-electron chi connectivity index (χ4n) is 3.88. The Hall–Kier alpha value is -1.11. The number of fused-ring (bicyclic) bond motifs is 1. The number of aryl methyl sites for hydroxylation is 2. The number of rotatable bonds is 3. The van der Waals surface area contributed by atoms with Gasteiger partial charge in [-0.3, -0.25) is 4.90 Å². The molecule has 3 heterocycles. The van der Waals surface area contributed by atoms with E-state index >= 15 is 0 Å². The Morgan fingerprint density at radius 1 is 1.27 bits per heavy atom. The molecule has 0 aliphatic carbocycles. The van der Waals surface area contributed by atoms with Crippen LogP contribution in [-0.2, 0) is 6.54 Å². The second kappa shape index (κ2) is 7.49. The Morgan fingerprint density at radius 2 is 2.12 bits per heavy atom. The zero-order chi connectivity index (χ0) is 18.3. The summed E-state index contributed by atoms with van der Waals surface area (Å²) >= 11 is 2.47. The lowest BCUT2D eigenvalue weighted by molar-refractivity contribution is 0.197. The molecule has 4 rings (SSSR count). The van der Waals surface area contributed by atoms with Gasteiger partial charge in [0, 0.05) is 28.3 Å². The van der Waals surface area contributed by atoms with E-state index in [1.54, 1.807) is 6.33 Å². The van der Waals surface area contributed by atoms with E-state index in [0.29, 0.717) is 11.7 Å². The van der Waals surface area contributed by atoms with Crippen molar-refractivity contribution in [3.05, 3.63) is 50.6 Å². The monoisotopic (exact) mass is 479 g/mol. The molecule has 1 aliphatic heterocycles. The number of aromatic nitrogens is 4. The van der Waals surface area contributed by atoms with Crippen LogP contribution in [-0.4, -0.2) is 37.6 Å². The van der Waals surface area contributed by atoms with Crippen LogP contribution >= 0.6 is 31.8 Å². The lowest BCUT2D eigenvalue weighted by Crippen LogP contribution is -2.35. The van der Waals surface area contributed by atoms with Crippen molar-refractivity contribution in [1.29, 1.82) is 0 Å². The number of hydrogen-bond donors (Lipinski definition) is 0. The quantitative estimate of drug-likeness (QED) is 0.428. The van der Waals surface area contributed by atoms with Crippen molar-refractivity contribution in [2.75, 3.05) is 13.1 Å². The SMILES string of the molecule is Cc1cc(P)c(CN2CCCC(c3cc(C)nc4ncnn34)C2)c(I)c1. The maximum absolute atomic E-state index is 4.48. The van der Waals surface area contributed by atoms with Crippen LogP contribution in [0.1, 0.15) is 41.3 Å². The van der Waals surface area contributed by atoms with Crippen molar-refractivity contribution < 1.29 is 0 Å². The van der Waals surface area contributed by atoms with Gasteiger partial charge >= 0.3 is 0 Å². The normalized spacial score (nSPS) is 18.5. The minimum Gasteiger partial charge on any atom is -0.298 e. The first-order valence-corrected chi connectivity index (χ1v) is 10.6. The molecule has 1 aliphatic rings. The first-order valence-electron chi connectivity index (χ1n) is 8.95. The van der Waals surface area contributed by atoms with Gasteiger partial charge in [-0.1, -0.05) is 6.07 Å². The number of piperidine rings is 1. The molecule has 0 radical (unpaired) electrons. The summed E-state index contributed by atoms with van der Waals surface area (Å²) < 4.78 is 3.27. The number of benzene rings is 1. The predicted molar refractivity (Wildman–Crippen MR) is 116 cm³/mol. The Morgan fingerprint density at radius 3 is 2.92 bits per heavy atom. The molecule has 2 atom stereocenters. The molecule has 26 heavy (non-hydrogen) atoms. The number of halogens is 1. The second-order valence-corrected chi connectivity index (χ2v) is 8.97. The summed E-state index contributed by atoms with van der Waals surface area (Å²) in [6.07, 6.45) is 3.99. The van der Waals surface area contributed by atoms with E-state index in [-0.39, 0.29) is 0 Å². The van der Waals surface area contributed by atoms with Gasteiger partial charge < -0.3 is 0 Å². The van der Waals surface area contributed by atoms with Gasteiger partial charge in [-0.25, -0.2) is 9.50 Å². The highest BCUT2D eigenvalue weighted by Crippen LogP contribution is 2.29. The molecule has 1 fully saturated rings. The summed E-state index contributed by atoms with van der Waals surface area (Å²) in [6, 6.07) is 6.71. The smallest absolute Gasteiger partial charge is 0.252 e. The zero-order valence-electron chi connectivity index (χ0n) is 15.1. The maximum atomic E-state index is 4.48. The predicted octanol–water partition coefficient (Wildman–Crippen LogP) is 3.23. The third-order valence-corrected chi connectivity index (χ3v) is 6.56. The van der Waals surface area contributed by atoms with Crippen molar-refractivity contribution in [2.24, 2.45) is 0 Å². The van der Waals surface area contributed by atoms with Gasteiger partial charge in [0.1, 0.15) is 6.33 Å². The van der Waals surface area contributed by atoms with Crippen molar-refractivity contribution >= 4 is 42.9 Å². The first kappa shape index (κ1) is 18.3. The van der Waals surface area contributed by atoms with Crippen LogP contribution in [0, 0.1) is 17.4 Å². The van der Waals surface area contributed by atoms with Crippen LogP contribution in [0.15, 0.2) is 24.5 Å². The van der Waals surface area contributed by atoms with Crippen molar-refractivity contribution in [3.8, 4) is 0 Å². The van der Waals surface area contributed by atoms with Crippen LogP contribution in [0.3, 0.4) is 0 Å². The summed E-state index contributed by atoms with van der Waals surface area (Å²) in [5.74, 6) is 1.17. The van der Waals surface area contributed by atoms with Gasteiger partial charge in [0.05, 0.1) is 5.69 Å². The molecule has 0 saturated carbocycles. The molecule has 1 aromatic carbocycles. The molecule has 0 amide bonds. The Balaban J connectivity index is 1.59. The molecule has 0 spiro atoms. The van der Waals surface area contributed by atoms with E-state index in [1.165, 1.54) is 38.5 Å². The van der Waals surface area contributed by atoms with E-state index in [2.05, 4.69) is 76.9 Å². The lowest BCUT2D eigenvalue weighted by Gasteiger charge is -2.33. The molecule has 0 N–H and O–H groups in total. The van der Waals surface area contributed by atoms with E-state index < -0.39 is 0 Å². The van der Waals surface area contributed by atoms with E-state index in [4.69, 9.17) is 0 Å². The van der Waals surface area contributed by atoms with Gasteiger partial charge in [-0.05, 0) is 84.4 Å². The van der Waals surface area contributed by atoms with Crippen LogP contribution in [0.25, 0.3) is 5.78 Å². The van der Waals surface area contributed by atoms with E-state index in [1.807, 2.05) is 11.4 Å². The number of hydrogen-bond acceptors (Lipinski definition) is 4. The third kappa shape index (κ3) is 3.64. The average Bonchev–Trinajstić information content (AvgIpc) is 3.06. The summed E-state index contributed by atoms with van der Waals surface area (Å²) in [6.45, 7) is 7.39. The molecule has 7 heteroatoms. The largest absolute Gasteiger partial charge is 0.298 e. The van der Waals surface area contributed by atoms with E-state index in [9.17, 15) is 0 Å². The van der Waals surface area contributed by atoms with Crippen molar-refractivity contribution in [1.82, 2.24) is 24.5 Å². The lowest BCUT2D eigenvalue weighted by atomic mass is 9.93. The Bertz CT molecular complexity index is 931. The highest BCUT2D eigenvalue weighted by atomic mass is 127. The summed E-state index contributed by atoms with van der Waals surface area (Å²) in [7, 11) is 2.91. The minimum absolute atomic E-state index is 0.464. The molecule has 2 aromatic heterocycles. The topological polar surface area (TPSA) is 46.3 Å². The van der Waals surface area contributed by atoms with Crippen LogP contribution in [0.5, 0.6) is 0 Å². The fourth-order valence-corrected chi connectivity index (χ4v) is 5.66. The zero-order valence-corrected chi connectivity index (χ0v) is 18.4. The van der Waals surface area contributed by atoms with Crippen molar-refractivity contribution in [3.63, 3.8) is 0 Å². The summed E-state index contributed by atoms with van der Waals surface area (Å²) in [5, 5.41) is 5.72. The van der Waals surface area contributed by atoms with Crippen LogP contribution < -0.4 is 5.30 Å². The molecule has 2 unspecified atom stereocenters. The van der Waals surface area contributed by atoms with Crippen LogP contribution in [0.4, 0.5) is 0 Å². The second-order valence-electron chi connectivity index (χ2n) is 7.18. The van der Waals surface area contributed by atoms with Gasteiger partial charge in [-0.15, -0.1) is 9.24 Å². The number of nitrogens with zero attached hydrogens (tertiary/aromatic N) is 5. The highest BCUT2D eigenvalue weighted by molar-refractivity contribution is 14.1. The summed E-state index contributed by atoms with van der Waals surface area (Å²) in [4.78, 5) is 11.3. The number of likely N-dealkylation sites (tertiary alicyclic amines) is 1. The third-order valence-electron chi connectivity index (χ3n) is 5.09. The molecule has 3 aromatic rings. The maximum Gasteiger partial charge on any atom is 0.252 e. The molecule has 0 bridgehead atoms. The van der Waals surface area contributed by atoms with Gasteiger partial charge in [0.2, 0.25) is 0 Å². The standard InChI is InChI=1S/C19H23IN5P/c1-12-6-16(20)15(18(26)7-12)10-24-5-3-4-14(9-24)17-8-13(2)23-19-21-11-22-25(17)19/h6-8,11,14H,3-5,9-10,26H2,1-2H3. The minimum atomic E-state index is 0.464. The molecule has 5 nitrogen and oxygen atoms in total. The molecular formula is C19H23IN5P.